The molecule has 0 N–H and O–H groups in total. The molecular weight excluding hydrogens is 311 g/mol. The molecule has 0 bridgehead atoms. The van der Waals surface area contributed by atoms with E-state index in [0.717, 1.165) is 36.8 Å². The van der Waals surface area contributed by atoms with Gasteiger partial charge < -0.3 is 4.74 Å². The molecule has 1 unspecified atom stereocenters. The minimum atomic E-state index is -0.277. The zero-order chi connectivity index (χ0) is 18.1. The SMILES string of the molecule is CCCCC(CC)COc1ccc(-c2ccc(CCC)cc2)cc1F. The number of unbranched alkanes of at least 4 members (excludes halogenated alkanes) is 1. The summed E-state index contributed by atoms with van der Waals surface area (Å²) >= 11 is 0. The Kier molecular flexibility index (Phi) is 7.97. The molecule has 0 aliphatic rings. The second-order valence-corrected chi connectivity index (χ2v) is 6.82. The lowest BCUT2D eigenvalue weighted by molar-refractivity contribution is 0.225. The average molecular weight is 342 g/mol. The molecule has 2 heteroatoms. The Morgan fingerprint density at radius 1 is 0.920 bits per heavy atom. The Balaban J connectivity index is 2.02. The quantitative estimate of drug-likeness (QED) is 0.450. The molecule has 0 aliphatic carbocycles. The van der Waals surface area contributed by atoms with Crippen LogP contribution in [0, 0.1) is 11.7 Å². The predicted octanol–water partition coefficient (Wildman–Crippen LogP) is 7.04. The summed E-state index contributed by atoms with van der Waals surface area (Å²) in [5.41, 5.74) is 3.26. The number of aryl methyl sites for hydroxylation is 1. The zero-order valence-electron chi connectivity index (χ0n) is 15.9. The molecule has 0 aliphatic heterocycles. The van der Waals surface area contributed by atoms with E-state index in [4.69, 9.17) is 4.74 Å². The van der Waals surface area contributed by atoms with Crippen molar-refractivity contribution >= 4 is 0 Å². The molecule has 0 amide bonds. The smallest absolute Gasteiger partial charge is 0.165 e. The van der Waals surface area contributed by atoms with Crippen LogP contribution >= 0.6 is 0 Å². The van der Waals surface area contributed by atoms with E-state index in [2.05, 4.69) is 45.0 Å². The minimum absolute atomic E-state index is 0.277. The molecule has 0 radical (unpaired) electrons. The van der Waals surface area contributed by atoms with Gasteiger partial charge in [-0.2, -0.15) is 0 Å². The van der Waals surface area contributed by atoms with Gasteiger partial charge in [-0.05, 0) is 47.6 Å². The number of halogens is 1. The Labute approximate surface area is 152 Å². The first-order chi connectivity index (χ1) is 12.2. The van der Waals surface area contributed by atoms with Gasteiger partial charge in [0.1, 0.15) is 0 Å². The van der Waals surface area contributed by atoms with Crippen molar-refractivity contribution in [1.29, 1.82) is 0 Å². The maximum Gasteiger partial charge on any atom is 0.165 e. The third-order valence-corrected chi connectivity index (χ3v) is 4.78. The lowest BCUT2D eigenvalue weighted by Gasteiger charge is -2.16. The molecule has 2 aromatic rings. The molecule has 0 fully saturated rings. The molecule has 1 nitrogen and oxygen atoms in total. The predicted molar refractivity (Wildman–Crippen MR) is 105 cm³/mol. The van der Waals surface area contributed by atoms with Crippen molar-refractivity contribution in [1.82, 2.24) is 0 Å². The number of benzene rings is 2. The fraction of sp³-hybridized carbons (Fsp3) is 0.478. The summed E-state index contributed by atoms with van der Waals surface area (Å²) in [5.74, 6) is 0.590. The molecule has 0 spiro atoms. The van der Waals surface area contributed by atoms with E-state index >= 15 is 0 Å². The fourth-order valence-electron chi connectivity index (χ4n) is 3.06. The number of hydrogen-bond acceptors (Lipinski definition) is 1. The van der Waals surface area contributed by atoms with E-state index in [1.807, 2.05) is 6.07 Å². The Morgan fingerprint density at radius 3 is 2.24 bits per heavy atom. The van der Waals surface area contributed by atoms with Gasteiger partial charge in [-0.25, -0.2) is 4.39 Å². The van der Waals surface area contributed by atoms with E-state index in [9.17, 15) is 4.39 Å². The Hall–Kier alpha value is -1.83. The van der Waals surface area contributed by atoms with Crippen molar-refractivity contribution < 1.29 is 9.13 Å². The van der Waals surface area contributed by atoms with Gasteiger partial charge in [-0.3, -0.25) is 0 Å². The minimum Gasteiger partial charge on any atom is -0.490 e. The molecule has 0 saturated heterocycles. The second kappa shape index (κ2) is 10.2. The molecule has 25 heavy (non-hydrogen) atoms. The van der Waals surface area contributed by atoms with Gasteiger partial charge in [-0.15, -0.1) is 0 Å². The average Bonchev–Trinajstić information content (AvgIpc) is 2.64. The number of rotatable bonds is 10. The molecule has 1 atom stereocenters. The van der Waals surface area contributed by atoms with E-state index in [-0.39, 0.29) is 5.82 Å². The summed E-state index contributed by atoms with van der Waals surface area (Å²) in [6, 6.07) is 13.7. The molecule has 0 heterocycles. The first-order valence-electron chi connectivity index (χ1n) is 9.69. The van der Waals surface area contributed by atoms with E-state index in [1.165, 1.54) is 18.4 Å². The monoisotopic (exact) mass is 342 g/mol. The largest absolute Gasteiger partial charge is 0.490 e. The molecule has 2 rings (SSSR count). The van der Waals surface area contributed by atoms with E-state index < -0.39 is 0 Å². The van der Waals surface area contributed by atoms with Crippen LogP contribution in [0.5, 0.6) is 5.75 Å². The van der Waals surface area contributed by atoms with Crippen molar-refractivity contribution in [2.45, 2.75) is 59.3 Å². The van der Waals surface area contributed by atoms with Crippen LogP contribution in [0.2, 0.25) is 0 Å². The zero-order valence-corrected chi connectivity index (χ0v) is 15.9. The fourth-order valence-corrected chi connectivity index (χ4v) is 3.06. The van der Waals surface area contributed by atoms with Gasteiger partial charge in [0.05, 0.1) is 6.61 Å². The van der Waals surface area contributed by atoms with Gasteiger partial charge >= 0.3 is 0 Å². The van der Waals surface area contributed by atoms with Crippen LogP contribution in [0.25, 0.3) is 11.1 Å². The highest BCUT2D eigenvalue weighted by atomic mass is 19.1. The first-order valence-corrected chi connectivity index (χ1v) is 9.69. The summed E-state index contributed by atoms with van der Waals surface area (Å²) in [6.45, 7) is 7.14. The maximum atomic E-state index is 14.4. The summed E-state index contributed by atoms with van der Waals surface area (Å²) < 4.78 is 20.2. The lowest BCUT2D eigenvalue weighted by Crippen LogP contribution is -2.12. The first kappa shape index (κ1) is 19.5. The highest BCUT2D eigenvalue weighted by Gasteiger charge is 2.10. The normalized spacial score (nSPS) is 12.2. The summed E-state index contributed by atoms with van der Waals surface area (Å²) in [7, 11) is 0. The van der Waals surface area contributed by atoms with Gasteiger partial charge in [0, 0.05) is 0 Å². The van der Waals surface area contributed by atoms with Gasteiger partial charge in [0.2, 0.25) is 0 Å². The van der Waals surface area contributed by atoms with Crippen molar-refractivity contribution in [3.05, 3.63) is 53.8 Å². The van der Waals surface area contributed by atoms with Gasteiger partial charge in [-0.1, -0.05) is 76.8 Å². The van der Waals surface area contributed by atoms with Crippen molar-refractivity contribution in [3.8, 4) is 16.9 Å². The van der Waals surface area contributed by atoms with Crippen molar-refractivity contribution in [2.75, 3.05) is 6.61 Å². The third-order valence-electron chi connectivity index (χ3n) is 4.78. The Bertz CT molecular complexity index is 633. The summed E-state index contributed by atoms with van der Waals surface area (Å²) in [6.07, 6.45) is 6.84. The highest BCUT2D eigenvalue weighted by molar-refractivity contribution is 5.64. The highest BCUT2D eigenvalue weighted by Crippen LogP contribution is 2.27. The lowest BCUT2D eigenvalue weighted by atomic mass is 10.0. The van der Waals surface area contributed by atoms with Crippen LogP contribution < -0.4 is 4.74 Å². The van der Waals surface area contributed by atoms with Crippen LogP contribution in [0.1, 0.15) is 58.4 Å². The number of hydrogen-bond donors (Lipinski definition) is 0. The topological polar surface area (TPSA) is 9.23 Å². The Morgan fingerprint density at radius 2 is 1.64 bits per heavy atom. The van der Waals surface area contributed by atoms with Crippen LogP contribution in [-0.4, -0.2) is 6.61 Å². The summed E-state index contributed by atoms with van der Waals surface area (Å²) in [5, 5.41) is 0. The van der Waals surface area contributed by atoms with Gasteiger partial charge in [0.25, 0.3) is 0 Å². The van der Waals surface area contributed by atoms with E-state index in [0.29, 0.717) is 18.3 Å². The van der Waals surface area contributed by atoms with E-state index in [1.54, 1.807) is 12.1 Å². The van der Waals surface area contributed by atoms with Crippen LogP contribution in [0.3, 0.4) is 0 Å². The van der Waals surface area contributed by atoms with Crippen molar-refractivity contribution in [3.63, 3.8) is 0 Å². The molecular formula is C23H31FO. The second-order valence-electron chi connectivity index (χ2n) is 6.82. The molecule has 0 saturated carbocycles. The third kappa shape index (κ3) is 5.88. The van der Waals surface area contributed by atoms with Crippen molar-refractivity contribution in [2.24, 2.45) is 5.92 Å². The van der Waals surface area contributed by atoms with Crippen LogP contribution in [0.4, 0.5) is 4.39 Å². The standard InChI is InChI=1S/C23H31FO/c1-4-7-9-18(6-3)17-25-23-15-14-21(16-22(23)24)20-12-10-19(8-5-2)11-13-20/h10-16,18H,4-9,17H2,1-3H3. The van der Waals surface area contributed by atoms with Crippen LogP contribution in [0.15, 0.2) is 42.5 Å². The molecule has 136 valence electrons. The summed E-state index contributed by atoms with van der Waals surface area (Å²) in [4.78, 5) is 0. The maximum absolute atomic E-state index is 14.4. The molecule has 2 aromatic carbocycles. The number of ether oxygens (including phenoxy) is 1. The van der Waals surface area contributed by atoms with Crippen LogP contribution in [-0.2, 0) is 6.42 Å². The molecule has 0 aromatic heterocycles. The van der Waals surface area contributed by atoms with Gasteiger partial charge in [0.15, 0.2) is 11.6 Å².